The summed E-state index contributed by atoms with van der Waals surface area (Å²) in [7, 11) is 1.70. The molecule has 2 aliphatic rings. The van der Waals surface area contributed by atoms with Gasteiger partial charge in [-0.15, -0.1) is 0 Å². The standard InChI is InChI=1S/C31H41N5O2/c1-22-13-14-26(28(19-22)38-3)33-16-15-25-20-32-17-18-35(25)31(37)29-30(24-10-5-4-6-11-24)36(21-34-29)27-12-8-7-9-23(27)2/h4-6,10-11,13-14,19,21,23,25,27,32-33H,7-9,12,15-18,20H2,1-3H3/t23-,25-,27-/m1/s1. The first-order valence-corrected chi connectivity index (χ1v) is 14.1. The maximum absolute atomic E-state index is 14.1. The molecule has 38 heavy (non-hydrogen) atoms. The largest absolute Gasteiger partial charge is 0.495 e. The van der Waals surface area contributed by atoms with E-state index >= 15 is 0 Å². The van der Waals surface area contributed by atoms with Gasteiger partial charge in [0.15, 0.2) is 5.69 Å². The van der Waals surface area contributed by atoms with E-state index in [0.717, 1.165) is 60.7 Å². The smallest absolute Gasteiger partial charge is 0.275 e. The number of carbonyl (C=O) groups is 1. The Labute approximate surface area is 226 Å². The lowest BCUT2D eigenvalue weighted by Gasteiger charge is -2.36. The Hall–Kier alpha value is -3.32. The van der Waals surface area contributed by atoms with Crippen molar-refractivity contribution in [2.45, 2.75) is 58.0 Å². The maximum Gasteiger partial charge on any atom is 0.275 e. The molecule has 0 radical (unpaired) electrons. The summed E-state index contributed by atoms with van der Waals surface area (Å²) in [5.74, 6) is 1.44. The minimum Gasteiger partial charge on any atom is -0.495 e. The fourth-order valence-corrected chi connectivity index (χ4v) is 6.10. The first kappa shape index (κ1) is 26.3. The molecule has 2 fully saturated rings. The fourth-order valence-electron chi connectivity index (χ4n) is 6.10. The van der Waals surface area contributed by atoms with Gasteiger partial charge in [0.1, 0.15) is 5.75 Å². The molecule has 0 unspecified atom stereocenters. The Kier molecular flexibility index (Phi) is 8.32. The molecule has 3 atom stereocenters. The van der Waals surface area contributed by atoms with Gasteiger partial charge in [-0.3, -0.25) is 4.79 Å². The van der Waals surface area contributed by atoms with E-state index < -0.39 is 0 Å². The van der Waals surface area contributed by atoms with Crippen molar-refractivity contribution in [1.82, 2.24) is 19.8 Å². The fraction of sp³-hybridized carbons (Fsp3) is 0.484. The van der Waals surface area contributed by atoms with Gasteiger partial charge in [0.25, 0.3) is 5.91 Å². The zero-order valence-electron chi connectivity index (χ0n) is 23.0. The molecule has 1 saturated heterocycles. The Morgan fingerprint density at radius 1 is 1.16 bits per heavy atom. The van der Waals surface area contributed by atoms with Crippen LogP contribution in [-0.4, -0.2) is 59.7 Å². The van der Waals surface area contributed by atoms with Crippen LogP contribution in [0.1, 0.15) is 61.1 Å². The molecular weight excluding hydrogens is 474 g/mol. The minimum absolute atomic E-state index is 0.0329. The van der Waals surface area contributed by atoms with Crippen LogP contribution < -0.4 is 15.4 Å². The molecule has 202 valence electrons. The lowest BCUT2D eigenvalue weighted by atomic mass is 9.85. The number of amides is 1. The number of nitrogens with one attached hydrogen (secondary N) is 2. The average molecular weight is 516 g/mol. The van der Waals surface area contributed by atoms with Gasteiger partial charge in [-0.1, -0.05) is 56.2 Å². The van der Waals surface area contributed by atoms with E-state index in [2.05, 4.69) is 53.3 Å². The number of aryl methyl sites for hydroxylation is 1. The van der Waals surface area contributed by atoms with Gasteiger partial charge in [-0.05, 0) is 49.8 Å². The lowest BCUT2D eigenvalue weighted by Crippen LogP contribution is -2.54. The number of aromatic nitrogens is 2. The summed E-state index contributed by atoms with van der Waals surface area (Å²) in [4.78, 5) is 21.0. The monoisotopic (exact) mass is 515 g/mol. The van der Waals surface area contributed by atoms with Gasteiger partial charge in [0.2, 0.25) is 0 Å². The molecule has 1 saturated carbocycles. The molecule has 7 heteroatoms. The molecule has 2 heterocycles. The number of hydrogen-bond donors (Lipinski definition) is 2. The molecule has 1 aliphatic heterocycles. The Morgan fingerprint density at radius 3 is 2.76 bits per heavy atom. The number of carbonyl (C=O) groups excluding carboxylic acids is 1. The van der Waals surface area contributed by atoms with Crippen LogP contribution in [0.3, 0.4) is 0 Å². The SMILES string of the molecule is COc1cc(C)ccc1NCC[C@@H]1CNCCN1C(=O)c1ncn([C@@H]2CCCC[C@H]2C)c1-c1ccccc1. The molecule has 2 aromatic carbocycles. The third-order valence-electron chi connectivity index (χ3n) is 8.23. The van der Waals surface area contributed by atoms with E-state index in [1.807, 2.05) is 35.5 Å². The topological polar surface area (TPSA) is 71.4 Å². The molecule has 1 aromatic heterocycles. The van der Waals surface area contributed by atoms with Gasteiger partial charge in [-0.25, -0.2) is 4.98 Å². The first-order valence-electron chi connectivity index (χ1n) is 14.1. The third-order valence-corrected chi connectivity index (χ3v) is 8.23. The van der Waals surface area contributed by atoms with Crippen LogP contribution in [0.25, 0.3) is 11.3 Å². The van der Waals surface area contributed by atoms with Crippen LogP contribution in [0, 0.1) is 12.8 Å². The van der Waals surface area contributed by atoms with E-state index in [-0.39, 0.29) is 11.9 Å². The van der Waals surface area contributed by atoms with Crippen LogP contribution in [0.5, 0.6) is 5.75 Å². The van der Waals surface area contributed by atoms with Crippen molar-refractivity contribution >= 4 is 11.6 Å². The van der Waals surface area contributed by atoms with E-state index in [0.29, 0.717) is 24.2 Å². The highest BCUT2D eigenvalue weighted by molar-refractivity contribution is 5.98. The zero-order valence-corrected chi connectivity index (χ0v) is 23.0. The molecule has 0 spiro atoms. The summed E-state index contributed by atoms with van der Waals surface area (Å²) in [5, 5.41) is 7.00. The number of benzene rings is 2. The van der Waals surface area contributed by atoms with Gasteiger partial charge in [0, 0.05) is 43.8 Å². The van der Waals surface area contributed by atoms with Gasteiger partial charge < -0.3 is 24.8 Å². The second-order valence-corrected chi connectivity index (χ2v) is 10.8. The number of hydrogen-bond acceptors (Lipinski definition) is 5. The average Bonchev–Trinajstić information content (AvgIpc) is 3.39. The van der Waals surface area contributed by atoms with Crippen molar-refractivity contribution < 1.29 is 9.53 Å². The first-order chi connectivity index (χ1) is 18.6. The highest BCUT2D eigenvalue weighted by Gasteiger charge is 2.33. The molecule has 5 rings (SSSR count). The predicted molar refractivity (Wildman–Crippen MR) is 153 cm³/mol. The van der Waals surface area contributed by atoms with Crippen molar-refractivity contribution in [1.29, 1.82) is 0 Å². The number of imidazole rings is 1. The summed E-state index contributed by atoms with van der Waals surface area (Å²) in [6, 6.07) is 17.0. The Bertz CT molecular complexity index is 1220. The minimum atomic E-state index is 0.0329. The van der Waals surface area contributed by atoms with Crippen LogP contribution in [0.4, 0.5) is 5.69 Å². The molecule has 3 aromatic rings. The highest BCUT2D eigenvalue weighted by Crippen LogP contribution is 2.38. The molecule has 7 nitrogen and oxygen atoms in total. The predicted octanol–water partition coefficient (Wildman–Crippen LogP) is 5.53. The summed E-state index contributed by atoms with van der Waals surface area (Å²) in [6.45, 7) is 7.39. The molecule has 1 amide bonds. The molecular formula is C31H41N5O2. The molecule has 1 aliphatic carbocycles. The van der Waals surface area contributed by atoms with Crippen molar-refractivity contribution in [3.63, 3.8) is 0 Å². The number of methoxy groups -OCH3 is 1. The normalized spacial score (nSPS) is 21.8. The summed E-state index contributed by atoms with van der Waals surface area (Å²) in [5.41, 5.74) is 4.75. The van der Waals surface area contributed by atoms with Crippen LogP contribution >= 0.6 is 0 Å². The quantitative estimate of drug-likeness (QED) is 0.413. The van der Waals surface area contributed by atoms with Crippen LogP contribution in [0.15, 0.2) is 54.9 Å². The number of anilines is 1. The van der Waals surface area contributed by atoms with Crippen molar-refractivity contribution in [2.75, 3.05) is 38.6 Å². The Morgan fingerprint density at radius 2 is 1.97 bits per heavy atom. The summed E-state index contributed by atoms with van der Waals surface area (Å²) in [6.07, 6.45) is 7.61. The highest BCUT2D eigenvalue weighted by atomic mass is 16.5. The number of piperazine rings is 1. The molecule has 2 N–H and O–H groups in total. The molecule has 0 bridgehead atoms. The van der Waals surface area contributed by atoms with Crippen LogP contribution in [0.2, 0.25) is 0 Å². The van der Waals surface area contributed by atoms with Gasteiger partial charge in [0.05, 0.1) is 24.8 Å². The lowest BCUT2D eigenvalue weighted by molar-refractivity contribution is 0.0624. The summed E-state index contributed by atoms with van der Waals surface area (Å²) < 4.78 is 7.85. The second kappa shape index (κ2) is 12.0. The van der Waals surface area contributed by atoms with E-state index in [9.17, 15) is 4.79 Å². The Balaban J connectivity index is 1.37. The maximum atomic E-state index is 14.1. The van der Waals surface area contributed by atoms with E-state index in [1.54, 1.807) is 7.11 Å². The van der Waals surface area contributed by atoms with Gasteiger partial charge >= 0.3 is 0 Å². The van der Waals surface area contributed by atoms with Gasteiger partial charge in [-0.2, -0.15) is 0 Å². The third kappa shape index (κ3) is 5.58. The van der Waals surface area contributed by atoms with Crippen molar-refractivity contribution in [2.24, 2.45) is 5.92 Å². The van der Waals surface area contributed by atoms with Crippen LogP contribution in [-0.2, 0) is 0 Å². The van der Waals surface area contributed by atoms with E-state index in [4.69, 9.17) is 9.72 Å². The van der Waals surface area contributed by atoms with Crippen molar-refractivity contribution in [3.8, 4) is 17.0 Å². The number of nitrogens with zero attached hydrogens (tertiary/aromatic N) is 3. The summed E-state index contributed by atoms with van der Waals surface area (Å²) >= 11 is 0. The zero-order chi connectivity index (χ0) is 26.5. The van der Waals surface area contributed by atoms with Crippen molar-refractivity contribution in [3.05, 3.63) is 66.1 Å². The second-order valence-electron chi connectivity index (χ2n) is 10.8. The van der Waals surface area contributed by atoms with E-state index in [1.165, 1.54) is 19.3 Å². The number of ether oxygens (including phenoxy) is 1. The number of rotatable bonds is 8.